The van der Waals surface area contributed by atoms with Gasteiger partial charge in [-0.05, 0) is 35.9 Å². The Hall–Kier alpha value is -2.98. The zero-order chi connectivity index (χ0) is 17.9. The standard InChI is InChI=1S/C21H17ClN2O2/c1-25-18-13-16(20-21(22)24-12-6-5-9-19(24)23-20)10-11-17(18)26-14-15-7-3-2-4-8-15/h2-13H,14H2,1H3. The molecule has 4 rings (SSSR count). The number of benzene rings is 2. The normalized spacial score (nSPS) is 10.8. The second-order valence-corrected chi connectivity index (χ2v) is 6.18. The molecule has 0 aliphatic carbocycles. The summed E-state index contributed by atoms with van der Waals surface area (Å²) in [7, 11) is 1.62. The quantitative estimate of drug-likeness (QED) is 0.485. The van der Waals surface area contributed by atoms with Crippen molar-refractivity contribution in [2.75, 3.05) is 7.11 Å². The molecule has 130 valence electrons. The SMILES string of the molecule is COc1cc(-c2nc3ccccn3c2Cl)ccc1OCc1ccccc1. The number of hydrogen-bond donors (Lipinski definition) is 0. The van der Waals surface area contributed by atoms with Crippen LogP contribution in [0.3, 0.4) is 0 Å². The molecule has 0 amide bonds. The second kappa shape index (κ2) is 7.10. The molecule has 4 aromatic rings. The number of ether oxygens (including phenoxy) is 2. The van der Waals surface area contributed by atoms with Crippen LogP contribution in [0, 0.1) is 0 Å². The van der Waals surface area contributed by atoms with E-state index >= 15 is 0 Å². The Bertz CT molecular complexity index is 1040. The summed E-state index contributed by atoms with van der Waals surface area (Å²) in [6, 6.07) is 21.5. The van der Waals surface area contributed by atoms with Crippen LogP contribution in [0.15, 0.2) is 72.9 Å². The van der Waals surface area contributed by atoms with E-state index in [9.17, 15) is 0 Å². The third kappa shape index (κ3) is 3.11. The van der Waals surface area contributed by atoms with E-state index in [-0.39, 0.29) is 0 Å². The molecule has 2 aromatic heterocycles. The Labute approximate surface area is 156 Å². The summed E-state index contributed by atoms with van der Waals surface area (Å²) < 4.78 is 13.3. The molecule has 0 N–H and O–H groups in total. The number of rotatable bonds is 5. The molecule has 0 saturated heterocycles. The van der Waals surface area contributed by atoms with Crippen LogP contribution in [0.5, 0.6) is 11.5 Å². The number of imidazole rings is 1. The summed E-state index contributed by atoms with van der Waals surface area (Å²) in [5, 5.41) is 0.570. The molecule has 0 atom stereocenters. The lowest BCUT2D eigenvalue weighted by molar-refractivity contribution is 0.284. The Morgan fingerprint density at radius 3 is 2.54 bits per heavy atom. The predicted molar refractivity (Wildman–Crippen MR) is 103 cm³/mol. The molecule has 0 aliphatic rings. The Kier molecular flexibility index (Phi) is 4.50. The van der Waals surface area contributed by atoms with Gasteiger partial charge >= 0.3 is 0 Å². The van der Waals surface area contributed by atoms with Crippen LogP contribution in [0.2, 0.25) is 5.15 Å². The smallest absolute Gasteiger partial charge is 0.161 e. The Balaban J connectivity index is 1.65. The maximum Gasteiger partial charge on any atom is 0.161 e. The van der Waals surface area contributed by atoms with Crippen molar-refractivity contribution >= 4 is 17.2 Å². The van der Waals surface area contributed by atoms with Crippen LogP contribution in [0.25, 0.3) is 16.9 Å². The molecule has 5 heteroatoms. The third-order valence-electron chi connectivity index (χ3n) is 4.15. The molecule has 0 saturated carbocycles. The van der Waals surface area contributed by atoms with Crippen LogP contribution in [0.4, 0.5) is 0 Å². The summed E-state index contributed by atoms with van der Waals surface area (Å²) in [5.74, 6) is 1.33. The minimum atomic E-state index is 0.478. The highest BCUT2D eigenvalue weighted by molar-refractivity contribution is 6.32. The van der Waals surface area contributed by atoms with Gasteiger partial charge in [-0.1, -0.05) is 48.0 Å². The first kappa shape index (κ1) is 16.5. The van der Waals surface area contributed by atoms with Gasteiger partial charge in [-0.3, -0.25) is 4.40 Å². The van der Waals surface area contributed by atoms with E-state index in [1.165, 1.54) is 0 Å². The van der Waals surface area contributed by atoms with Gasteiger partial charge in [-0.15, -0.1) is 0 Å². The third-order valence-corrected chi connectivity index (χ3v) is 4.51. The average Bonchev–Trinajstić information content (AvgIpc) is 3.04. The van der Waals surface area contributed by atoms with Gasteiger partial charge < -0.3 is 9.47 Å². The topological polar surface area (TPSA) is 35.8 Å². The number of aromatic nitrogens is 2. The van der Waals surface area contributed by atoms with E-state index in [1.54, 1.807) is 7.11 Å². The largest absolute Gasteiger partial charge is 0.493 e. The molecule has 0 bridgehead atoms. The fourth-order valence-electron chi connectivity index (χ4n) is 2.82. The van der Waals surface area contributed by atoms with Gasteiger partial charge in [0.1, 0.15) is 23.1 Å². The molecule has 2 aromatic carbocycles. The van der Waals surface area contributed by atoms with Crippen LogP contribution in [0.1, 0.15) is 5.56 Å². The number of pyridine rings is 1. The molecule has 0 aliphatic heterocycles. The van der Waals surface area contributed by atoms with Gasteiger partial charge in [0, 0.05) is 11.8 Å². The minimum Gasteiger partial charge on any atom is -0.493 e. The van der Waals surface area contributed by atoms with Crippen molar-refractivity contribution in [3.05, 3.63) is 83.6 Å². The molecule has 4 nitrogen and oxygen atoms in total. The number of nitrogens with zero attached hydrogens (tertiary/aromatic N) is 2. The fraction of sp³-hybridized carbons (Fsp3) is 0.0952. The highest BCUT2D eigenvalue weighted by atomic mass is 35.5. The summed E-state index contributed by atoms with van der Waals surface area (Å²) in [6.07, 6.45) is 1.89. The van der Waals surface area contributed by atoms with Gasteiger partial charge in [0.25, 0.3) is 0 Å². The number of halogens is 1. The van der Waals surface area contributed by atoms with Crippen molar-refractivity contribution in [2.24, 2.45) is 0 Å². The van der Waals surface area contributed by atoms with Crippen molar-refractivity contribution < 1.29 is 9.47 Å². The van der Waals surface area contributed by atoms with Crippen molar-refractivity contribution in [1.82, 2.24) is 9.38 Å². The lowest BCUT2D eigenvalue weighted by atomic mass is 10.1. The van der Waals surface area contributed by atoms with E-state index in [2.05, 4.69) is 4.98 Å². The maximum absolute atomic E-state index is 6.50. The first-order chi connectivity index (χ1) is 12.8. The molecular formula is C21H17ClN2O2. The maximum atomic E-state index is 6.50. The summed E-state index contributed by atoms with van der Waals surface area (Å²) in [5.41, 5.74) is 3.49. The molecule has 0 fully saturated rings. The summed E-state index contributed by atoms with van der Waals surface area (Å²) in [4.78, 5) is 4.62. The Morgan fingerprint density at radius 1 is 0.962 bits per heavy atom. The van der Waals surface area contributed by atoms with Crippen LogP contribution >= 0.6 is 11.6 Å². The first-order valence-corrected chi connectivity index (χ1v) is 8.62. The second-order valence-electron chi connectivity index (χ2n) is 5.82. The van der Waals surface area contributed by atoms with Crippen molar-refractivity contribution in [2.45, 2.75) is 6.61 Å². The number of hydrogen-bond acceptors (Lipinski definition) is 3. The van der Waals surface area contributed by atoms with Crippen LogP contribution in [-0.2, 0) is 6.61 Å². The summed E-state index contributed by atoms with van der Waals surface area (Å²) in [6.45, 7) is 0.478. The lowest BCUT2D eigenvalue weighted by Crippen LogP contribution is -1.97. The van der Waals surface area contributed by atoms with Crippen molar-refractivity contribution in [1.29, 1.82) is 0 Å². The number of fused-ring (bicyclic) bond motifs is 1. The van der Waals surface area contributed by atoms with E-state index in [0.29, 0.717) is 29.0 Å². The highest BCUT2D eigenvalue weighted by Crippen LogP contribution is 2.35. The van der Waals surface area contributed by atoms with E-state index < -0.39 is 0 Å². The molecule has 2 heterocycles. The summed E-state index contributed by atoms with van der Waals surface area (Å²) >= 11 is 6.50. The van der Waals surface area contributed by atoms with Crippen molar-refractivity contribution in [3.8, 4) is 22.8 Å². The van der Waals surface area contributed by atoms with Gasteiger partial charge in [-0.2, -0.15) is 0 Å². The molecule has 0 unspecified atom stereocenters. The molecule has 0 radical (unpaired) electrons. The average molecular weight is 365 g/mol. The van der Waals surface area contributed by atoms with E-state index in [4.69, 9.17) is 21.1 Å². The van der Waals surface area contributed by atoms with Gasteiger partial charge in [0.2, 0.25) is 0 Å². The molecular weight excluding hydrogens is 348 g/mol. The molecule has 0 spiro atoms. The zero-order valence-electron chi connectivity index (χ0n) is 14.2. The van der Waals surface area contributed by atoms with Crippen LogP contribution in [-0.4, -0.2) is 16.5 Å². The van der Waals surface area contributed by atoms with Gasteiger partial charge in [-0.25, -0.2) is 4.98 Å². The minimum absolute atomic E-state index is 0.478. The fourth-order valence-corrected chi connectivity index (χ4v) is 3.11. The highest BCUT2D eigenvalue weighted by Gasteiger charge is 2.14. The first-order valence-electron chi connectivity index (χ1n) is 8.24. The Morgan fingerprint density at radius 2 is 1.77 bits per heavy atom. The van der Waals surface area contributed by atoms with Gasteiger partial charge in [0.05, 0.1) is 7.11 Å². The van der Waals surface area contributed by atoms with Crippen LogP contribution < -0.4 is 9.47 Å². The number of methoxy groups -OCH3 is 1. The lowest BCUT2D eigenvalue weighted by Gasteiger charge is -2.12. The van der Waals surface area contributed by atoms with Crippen molar-refractivity contribution in [3.63, 3.8) is 0 Å². The molecule has 26 heavy (non-hydrogen) atoms. The zero-order valence-corrected chi connectivity index (χ0v) is 15.0. The van der Waals surface area contributed by atoms with E-state index in [0.717, 1.165) is 16.8 Å². The predicted octanol–water partition coefficient (Wildman–Crippen LogP) is 5.24. The monoisotopic (exact) mass is 364 g/mol. The van der Waals surface area contributed by atoms with E-state index in [1.807, 2.05) is 77.3 Å². The van der Waals surface area contributed by atoms with Gasteiger partial charge in [0.15, 0.2) is 11.5 Å².